The molecule has 4 nitrogen and oxygen atoms in total. The Balaban J connectivity index is 2.08. The molecule has 0 saturated heterocycles. The molecule has 0 bridgehead atoms. The zero-order valence-corrected chi connectivity index (χ0v) is 9.18. The van der Waals surface area contributed by atoms with Gasteiger partial charge in [0.25, 0.3) is 5.69 Å². The van der Waals surface area contributed by atoms with E-state index in [0.717, 1.165) is 36.2 Å². The summed E-state index contributed by atoms with van der Waals surface area (Å²) >= 11 is 0. The number of fused-ring (bicyclic) bond motifs is 2. The molecule has 4 heteroatoms. The lowest BCUT2D eigenvalue weighted by Crippen LogP contribution is -2.08. The molecule has 0 spiro atoms. The zero-order valence-electron chi connectivity index (χ0n) is 9.18. The topological polar surface area (TPSA) is 52.4 Å². The van der Waals surface area contributed by atoms with Crippen LogP contribution in [0.25, 0.3) is 6.08 Å². The van der Waals surface area contributed by atoms with E-state index in [1.165, 1.54) is 6.07 Å². The van der Waals surface area contributed by atoms with Crippen LogP contribution in [0, 0.1) is 10.1 Å². The highest BCUT2D eigenvalue weighted by Gasteiger charge is 2.20. The fraction of sp³-hybridized carbons (Fsp3) is 0.231. The van der Waals surface area contributed by atoms with Crippen LogP contribution in [0.1, 0.15) is 24.8 Å². The van der Waals surface area contributed by atoms with Crippen molar-refractivity contribution in [2.45, 2.75) is 19.3 Å². The highest BCUT2D eigenvalue weighted by Crippen LogP contribution is 2.37. The van der Waals surface area contributed by atoms with Crippen molar-refractivity contribution in [2.24, 2.45) is 0 Å². The second kappa shape index (κ2) is 3.73. The SMILES string of the molecule is O=[N+]([O-])c1ccc2c(c1)C=C1CCCC=C1O2. The van der Waals surface area contributed by atoms with Gasteiger partial charge in [-0.25, -0.2) is 0 Å². The second-order valence-electron chi connectivity index (χ2n) is 4.21. The van der Waals surface area contributed by atoms with E-state index < -0.39 is 0 Å². The fourth-order valence-corrected chi connectivity index (χ4v) is 2.19. The molecular weight excluding hydrogens is 218 g/mol. The average Bonchev–Trinajstić information content (AvgIpc) is 2.35. The van der Waals surface area contributed by atoms with Crippen molar-refractivity contribution < 1.29 is 9.66 Å². The van der Waals surface area contributed by atoms with Crippen LogP contribution in [0.2, 0.25) is 0 Å². The monoisotopic (exact) mass is 229 g/mol. The molecule has 0 amide bonds. The summed E-state index contributed by atoms with van der Waals surface area (Å²) < 4.78 is 5.74. The maximum atomic E-state index is 10.7. The van der Waals surface area contributed by atoms with Crippen LogP contribution >= 0.6 is 0 Å². The maximum Gasteiger partial charge on any atom is 0.270 e. The minimum absolute atomic E-state index is 0.104. The van der Waals surface area contributed by atoms with E-state index in [1.807, 2.05) is 6.08 Å². The predicted octanol–water partition coefficient (Wildman–Crippen LogP) is 3.44. The molecule has 1 aromatic carbocycles. The van der Waals surface area contributed by atoms with Gasteiger partial charge in [-0.1, -0.05) is 0 Å². The number of non-ortho nitro benzene ring substituents is 1. The van der Waals surface area contributed by atoms with E-state index >= 15 is 0 Å². The number of nitro benzene ring substituents is 1. The minimum Gasteiger partial charge on any atom is -0.457 e. The van der Waals surface area contributed by atoms with Crippen LogP contribution in [0.4, 0.5) is 5.69 Å². The Labute approximate surface area is 98.4 Å². The molecule has 2 aliphatic rings. The Kier molecular flexibility index (Phi) is 2.21. The largest absolute Gasteiger partial charge is 0.457 e. The first-order valence-corrected chi connectivity index (χ1v) is 5.61. The normalized spacial score (nSPS) is 17.2. The number of rotatable bonds is 1. The second-order valence-corrected chi connectivity index (χ2v) is 4.21. The number of hydrogen-bond donors (Lipinski definition) is 0. The van der Waals surface area contributed by atoms with Crippen molar-refractivity contribution in [2.75, 3.05) is 0 Å². The molecule has 1 aromatic rings. The molecule has 0 saturated carbocycles. The maximum absolute atomic E-state index is 10.7. The summed E-state index contributed by atoms with van der Waals surface area (Å²) in [4.78, 5) is 10.3. The van der Waals surface area contributed by atoms with Crippen molar-refractivity contribution in [1.29, 1.82) is 0 Å². The fourth-order valence-electron chi connectivity index (χ4n) is 2.19. The third kappa shape index (κ3) is 1.71. The third-order valence-corrected chi connectivity index (χ3v) is 3.05. The van der Waals surface area contributed by atoms with Crippen molar-refractivity contribution in [1.82, 2.24) is 0 Å². The van der Waals surface area contributed by atoms with Gasteiger partial charge in [-0.05, 0) is 43.1 Å². The molecule has 0 aromatic heterocycles. The number of ether oxygens (including phenoxy) is 1. The number of hydrogen-bond acceptors (Lipinski definition) is 3. The molecule has 1 aliphatic carbocycles. The quantitative estimate of drug-likeness (QED) is 0.547. The van der Waals surface area contributed by atoms with Gasteiger partial charge in [0.15, 0.2) is 0 Å². The molecule has 0 fully saturated rings. The highest BCUT2D eigenvalue weighted by molar-refractivity contribution is 5.69. The van der Waals surface area contributed by atoms with Crippen molar-refractivity contribution >= 4 is 11.8 Å². The summed E-state index contributed by atoms with van der Waals surface area (Å²) in [7, 11) is 0. The molecule has 3 rings (SSSR count). The Hall–Kier alpha value is -2.10. The number of allylic oxidation sites excluding steroid dienone is 2. The Bertz CT molecular complexity index is 558. The molecule has 1 heterocycles. The number of nitro groups is 1. The van der Waals surface area contributed by atoms with Crippen LogP contribution in [-0.2, 0) is 0 Å². The third-order valence-electron chi connectivity index (χ3n) is 3.05. The van der Waals surface area contributed by atoms with Crippen LogP contribution in [0.5, 0.6) is 5.75 Å². The van der Waals surface area contributed by atoms with E-state index in [0.29, 0.717) is 5.75 Å². The van der Waals surface area contributed by atoms with E-state index in [9.17, 15) is 10.1 Å². The summed E-state index contributed by atoms with van der Waals surface area (Å²) in [5, 5.41) is 10.7. The molecule has 1 aliphatic heterocycles. The Morgan fingerprint density at radius 2 is 2.24 bits per heavy atom. The van der Waals surface area contributed by atoms with Gasteiger partial charge in [0.2, 0.25) is 0 Å². The van der Waals surface area contributed by atoms with Crippen LogP contribution < -0.4 is 4.74 Å². The van der Waals surface area contributed by atoms with Crippen LogP contribution in [0.3, 0.4) is 0 Å². The summed E-state index contributed by atoms with van der Waals surface area (Å²) in [5.41, 5.74) is 2.05. The summed E-state index contributed by atoms with van der Waals surface area (Å²) in [6.07, 6.45) is 7.21. The lowest BCUT2D eigenvalue weighted by atomic mass is 9.95. The highest BCUT2D eigenvalue weighted by atomic mass is 16.6. The van der Waals surface area contributed by atoms with Crippen molar-refractivity contribution in [3.8, 4) is 5.75 Å². The Morgan fingerprint density at radius 1 is 1.35 bits per heavy atom. The first kappa shape index (κ1) is 10.1. The predicted molar refractivity (Wildman–Crippen MR) is 63.6 cm³/mol. The lowest BCUT2D eigenvalue weighted by Gasteiger charge is -2.23. The van der Waals surface area contributed by atoms with Gasteiger partial charge in [-0.3, -0.25) is 10.1 Å². The van der Waals surface area contributed by atoms with Crippen molar-refractivity contribution in [3.05, 3.63) is 51.3 Å². The average molecular weight is 229 g/mol. The summed E-state index contributed by atoms with van der Waals surface area (Å²) in [6, 6.07) is 4.70. The van der Waals surface area contributed by atoms with E-state index in [4.69, 9.17) is 4.74 Å². The van der Waals surface area contributed by atoms with Gasteiger partial charge in [0.1, 0.15) is 11.5 Å². The zero-order chi connectivity index (χ0) is 11.8. The number of nitrogens with zero attached hydrogens (tertiary/aromatic N) is 1. The van der Waals surface area contributed by atoms with E-state index in [-0.39, 0.29) is 10.6 Å². The van der Waals surface area contributed by atoms with Gasteiger partial charge >= 0.3 is 0 Å². The van der Waals surface area contributed by atoms with Gasteiger partial charge < -0.3 is 4.74 Å². The molecule has 0 atom stereocenters. The molecular formula is C13H11NO3. The molecule has 17 heavy (non-hydrogen) atoms. The number of benzene rings is 1. The first-order chi connectivity index (χ1) is 8.24. The molecule has 0 unspecified atom stereocenters. The molecule has 0 N–H and O–H groups in total. The summed E-state index contributed by atoms with van der Waals surface area (Å²) in [5.74, 6) is 1.62. The molecule has 0 radical (unpaired) electrons. The van der Waals surface area contributed by atoms with Gasteiger partial charge in [0, 0.05) is 17.7 Å². The van der Waals surface area contributed by atoms with Gasteiger partial charge in [-0.2, -0.15) is 0 Å². The van der Waals surface area contributed by atoms with Crippen LogP contribution in [-0.4, -0.2) is 4.92 Å². The summed E-state index contributed by atoms with van der Waals surface area (Å²) in [6.45, 7) is 0. The smallest absolute Gasteiger partial charge is 0.270 e. The van der Waals surface area contributed by atoms with E-state index in [1.54, 1.807) is 12.1 Å². The first-order valence-electron chi connectivity index (χ1n) is 5.61. The minimum atomic E-state index is -0.384. The standard InChI is InChI=1S/C13H11NO3/c15-14(16)11-5-6-13-10(8-11)7-9-3-1-2-4-12(9)17-13/h4-8H,1-3H2. The van der Waals surface area contributed by atoms with Crippen LogP contribution in [0.15, 0.2) is 35.6 Å². The van der Waals surface area contributed by atoms with Gasteiger partial charge in [0.05, 0.1) is 4.92 Å². The van der Waals surface area contributed by atoms with Crippen molar-refractivity contribution in [3.63, 3.8) is 0 Å². The van der Waals surface area contributed by atoms with E-state index in [2.05, 4.69) is 6.08 Å². The molecule has 86 valence electrons. The Morgan fingerprint density at radius 3 is 3.06 bits per heavy atom. The lowest BCUT2D eigenvalue weighted by molar-refractivity contribution is -0.384. The van der Waals surface area contributed by atoms with Gasteiger partial charge in [-0.15, -0.1) is 0 Å².